The lowest BCUT2D eigenvalue weighted by molar-refractivity contribution is 0.0708. The van der Waals surface area contributed by atoms with Crippen molar-refractivity contribution in [1.29, 1.82) is 0 Å². The number of nitrogens with one attached hydrogen (secondary N) is 1. The molecule has 4 heteroatoms. The molecule has 0 saturated carbocycles. The van der Waals surface area contributed by atoms with Gasteiger partial charge in [-0.25, -0.2) is 4.39 Å². The largest absolute Gasteiger partial charge is 0.332 e. The van der Waals surface area contributed by atoms with Crippen molar-refractivity contribution < 1.29 is 9.18 Å². The monoisotopic (exact) mass is 304 g/mol. The molecule has 1 aromatic rings. The van der Waals surface area contributed by atoms with Crippen molar-refractivity contribution in [2.75, 3.05) is 6.54 Å². The molecule has 1 aromatic carbocycles. The average Bonchev–Trinajstić information content (AvgIpc) is 2.84. The molecule has 1 fully saturated rings. The first-order valence-electron chi connectivity index (χ1n) is 8.48. The Bertz CT molecular complexity index is 566. The van der Waals surface area contributed by atoms with Gasteiger partial charge in [0.15, 0.2) is 0 Å². The van der Waals surface area contributed by atoms with Crippen molar-refractivity contribution in [2.45, 2.75) is 64.6 Å². The van der Waals surface area contributed by atoms with Crippen LogP contribution in [0.25, 0.3) is 0 Å². The molecule has 1 saturated heterocycles. The molecular formula is C18H25FN2O. The van der Waals surface area contributed by atoms with E-state index in [1.807, 2.05) is 11.0 Å². The maximum absolute atomic E-state index is 14.5. The summed E-state index contributed by atoms with van der Waals surface area (Å²) in [7, 11) is 0. The Hall–Kier alpha value is -1.42. The lowest BCUT2D eigenvalue weighted by Crippen LogP contribution is -2.33. The van der Waals surface area contributed by atoms with Gasteiger partial charge in [-0.05, 0) is 50.4 Å². The summed E-state index contributed by atoms with van der Waals surface area (Å²) < 4.78 is 14.5. The maximum atomic E-state index is 14.5. The number of carbonyl (C=O) groups is 1. The Labute approximate surface area is 131 Å². The van der Waals surface area contributed by atoms with Crippen molar-refractivity contribution in [1.82, 2.24) is 10.2 Å². The summed E-state index contributed by atoms with van der Waals surface area (Å²) in [6.45, 7) is 5.76. The summed E-state index contributed by atoms with van der Waals surface area (Å²) in [5, 5.41) is 3.39. The van der Waals surface area contributed by atoms with Crippen LogP contribution in [-0.4, -0.2) is 23.4 Å². The van der Waals surface area contributed by atoms with Gasteiger partial charge in [-0.2, -0.15) is 0 Å². The van der Waals surface area contributed by atoms with Crippen LogP contribution in [0.15, 0.2) is 12.1 Å². The van der Waals surface area contributed by atoms with E-state index >= 15 is 0 Å². The van der Waals surface area contributed by atoms with Gasteiger partial charge in [-0.15, -0.1) is 0 Å². The normalized spacial score (nSPS) is 22.8. The second-order valence-electron chi connectivity index (χ2n) is 6.60. The molecule has 3 rings (SSSR count). The summed E-state index contributed by atoms with van der Waals surface area (Å²) in [5.74, 6) is -0.255. The predicted molar refractivity (Wildman–Crippen MR) is 85.2 cm³/mol. The summed E-state index contributed by atoms with van der Waals surface area (Å²) in [5.41, 5.74) is 2.27. The van der Waals surface area contributed by atoms with Crippen LogP contribution in [0.3, 0.4) is 0 Å². The van der Waals surface area contributed by atoms with Crippen LogP contribution in [-0.2, 0) is 6.54 Å². The third kappa shape index (κ3) is 2.76. The van der Waals surface area contributed by atoms with Crippen LogP contribution in [0.1, 0.15) is 73.5 Å². The highest BCUT2D eigenvalue weighted by Crippen LogP contribution is 2.32. The topological polar surface area (TPSA) is 32.3 Å². The summed E-state index contributed by atoms with van der Waals surface area (Å²) in [6.07, 6.45) is 5.29. The van der Waals surface area contributed by atoms with E-state index < -0.39 is 0 Å². The molecule has 2 unspecified atom stereocenters. The molecule has 120 valence electrons. The third-order valence-corrected chi connectivity index (χ3v) is 4.98. The Morgan fingerprint density at radius 2 is 2.23 bits per heavy atom. The van der Waals surface area contributed by atoms with Gasteiger partial charge < -0.3 is 10.2 Å². The molecular weight excluding hydrogens is 279 g/mol. The van der Waals surface area contributed by atoms with Gasteiger partial charge in [-0.1, -0.05) is 19.8 Å². The highest BCUT2D eigenvalue weighted by Gasteiger charge is 2.32. The quantitative estimate of drug-likeness (QED) is 0.918. The molecule has 0 spiro atoms. The summed E-state index contributed by atoms with van der Waals surface area (Å²) >= 11 is 0. The molecule has 0 aliphatic carbocycles. The average molecular weight is 304 g/mol. The summed E-state index contributed by atoms with van der Waals surface area (Å²) in [6, 6.07) is 3.69. The highest BCUT2D eigenvalue weighted by molar-refractivity contribution is 5.98. The van der Waals surface area contributed by atoms with Gasteiger partial charge >= 0.3 is 0 Å². The Morgan fingerprint density at radius 3 is 2.91 bits per heavy atom. The molecule has 1 amide bonds. The minimum absolute atomic E-state index is 0.0157. The first kappa shape index (κ1) is 15.5. The van der Waals surface area contributed by atoms with Crippen molar-refractivity contribution in [3.05, 3.63) is 34.6 Å². The Balaban J connectivity index is 1.86. The minimum Gasteiger partial charge on any atom is -0.332 e. The number of piperidine rings is 1. The number of hydrogen-bond donors (Lipinski definition) is 1. The zero-order valence-electron chi connectivity index (χ0n) is 13.5. The number of amides is 1. The molecule has 2 aliphatic rings. The van der Waals surface area contributed by atoms with Crippen LogP contribution >= 0.6 is 0 Å². The fraction of sp³-hybridized carbons (Fsp3) is 0.611. The van der Waals surface area contributed by atoms with E-state index in [1.165, 1.54) is 6.07 Å². The number of halogens is 1. The van der Waals surface area contributed by atoms with Gasteiger partial charge in [-0.3, -0.25) is 4.79 Å². The van der Waals surface area contributed by atoms with E-state index in [-0.39, 0.29) is 23.8 Å². The van der Waals surface area contributed by atoms with E-state index in [2.05, 4.69) is 19.2 Å². The van der Waals surface area contributed by atoms with Gasteiger partial charge in [0.2, 0.25) is 0 Å². The van der Waals surface area contributed by atoms with E-state index in [0.717, 1.165) is 49.8 Å². The minimum atomic E-state index is -0.239. The molecule has 3 nitrogen and oxygen atoms in total. The van der Waals surface area contributed by atoms with Gasteiger partial charge in [0.25, 0.3) is 5.91 Å². The smallest absolute Gasteiger partial charge is 0.254 e. The molecule has 0 aromatic heterocycles. The molecule has 22 heavy (non-hydrogen) atoms. The van der Waals surface area contributed by atoms with Crippen LogP contribution in [0.5, 0.6) is 0 Å². The maximum Gasteiger partial charge on any atom is 0.254 e. The van der Waals surface area contributed by atoms with E-state index in [4.69, 9.17) is 0 Å². The molecule has 0 radical (unpaired) electrons. The molecule has 0 bridgehead atoms. The van der Waals surface area contributed by atoms with Gasteiger partial charge in [0.05, 0.1) is 0 Å². The number of rotatable bonds is 4. The molecule has 2 heterocycles. The third-order valence-electron chi connectivity index (χ3n) is 4.98. The second kappa shape index (κ2) is 6.37. The number of hydrogen-bond acceptors (Lipinski definition) is 2. The fourth-order valence-electron chi connectivity index (χ4n) is 3.69. The second-order valence-corrected chi connectivity index (χ2v) is 6.60. The van der Waals surface area contributed by atoms with Gasteiger partial charge in [0, 0.05) is 29.8 Å². The number of fused-ring (bicyclic) bond motifs is 1. The highest BCUT2D eigenvalue weighted by atomic mass is 19.1. The van der Waals surface area contributed by atoms with Crippen LogP contribution in [0.4, 0.5) is 4.39 Å². The first-order valence-corrected chi connectivity index (χ1v) is 8.48. The number of nitrogens with zero attached hydrogens (tertiary/aromatic N) is 1. The van der Waals surface area contributed by atoms with Crippen LogP contribution in [0, 0.1) is 5.82 Å². The van der Waals surface area contributed by atoms with Crippen LogP contribution in [0.2, 0.25) is 0 Å². The fourth-order valence-corrected chi connectivity index (χ4v) is 3.69. The van der Waals surface area contributed by atoms with E-state index in [0.29, 0.717) is 12.1 Å². The van der Waals surface area contributed by atoms with E-state index in [9.17, 15) is 9.18 Å². The summed E-state index contributed by atoms with van der Waals surface area (Å²) in [4.78, 5) is 14.4. The molecule has 1 N–H and O–H groups in total. The van der Waals surface area contributed by atoms with Crippen molar-refractivity contribution in [3.63, 3.8) is 0 Å². The first-order chi connectivity index (χ1) is 10.6. The number of carbonyl (C=O) groups excluding carboxylic acids is 1. The lowest BCUT2D eigenvalue weighted by Gasteiger charge is -2.24. The zero-order chi connectivity index (χ0) is 15.7. The standard InChI is InChI=1S/C18H25FN2O/c1-3-6-12(2)21-11-13-9-15(17-7-4-5-8-20-17)16(19)10-14(13)18(21)22/h9-10,12,17,20H,3-8,11H2,1-2H3. The Kier molecular flexibility index (Phi) is 4.48. The van der Waals surface area contributed by atoms with Crippen molar-refractivity contribution in [2.24, 2.45) is 0 Å². The molecule has 2 atom stereocenters. The predicted octanol–water partition coefficient (Wildman–Crippen LogP) is 3.78. The molecule has 2 aliphatic heterocycles. The van der Waals surface area contributed by atoms with Crippen LogP contribution < -0.4 is 5.32 Å². The SMILES string of the molecule is CCCC(C)N1Cc2cc(C3CCCCN3)c(F)cc2C1=O. The van der Waals surface area contributed by atoms with Crippen molar-refractivity contribution >= 4 is 5.91 Å². The van der Waals surface area contributed by atoms with Gasteiger partial charge in [0.1, 0.15) is 5.82 Å². The lowest BCUT2D eigenvalue weighted by atomic mass is 9.94. The number of benzene rings is 1. The zero-order valence-corrected chi connectivity index (χ0v) is 13.5. The van der Waals surface area contributed by atoms with Crippen molar-refractivity contribution in [3.8, 4) is 0 Å². The van der Waals surface area contributed by atoms with E-state index in [1.54, 1.807) is 0 Å². The Morgan fingerprint density at radius 1 is 1.41 bits per heavy atom.